The number of hydrogen-bond donors (Lipinski definition) is 2. The number of thiophene rings is 1. The van der Waals surface area contributed by atoms with Gasteiger partial charge in [-0.15, -0.1) is 11.3 Å². The zero-order valence-corrected chi connectivity index (χ0v) is 9.54. The predicted octanol–water partition coefficient (Wildman–Crippen LogP) is 2.29. The minimum absolute atomic E-state index is 0.182. The molecule has 2 rings (SSSR count). The molecule has 0 aliphatic rings. The first-order valence-corrected chi connectivity index (χ1v) is 5.62. The number of pyridine rings is 1. The van der Waals surface area contributed by atoms with Crippen molar-refractivity contribution >= 4 is 28.6 Å². The standard InChI is InChI=1S/C11H11N3OS/c1-7-6-8(2-4-13-7)14-11(15)10-9(12)3-5-16-10/h2-6H,12H2,1H3,(H,13,14,15). The average Bonchev–Trinajstić information content (AvgIpc) is 2.64. The summed E-state index contributed by atoms with van der Waals surface area (Å²) in [5.41, 5.74) is 7.76. The molecule has 4 nitrogen and oxygen atoms in total. The molecule has 0 radical (unpaired) electrons. The van der Waals surface area contributed by atoms with Crippen molar-refractivity contribution < 1.29 is 4.79 Å². The third-order valence-electron chi connectivity index (χ3n) is 2.06. The van der Waals surface area contributed by atoms with E-state index in [-0.39, 0.29) is 5.91 Å². The van der Waals surface area contributed by atoms with Gasteiger partial charge in [-0.05, 0) is 30.5 Å². The van der Waals surface area contributed by atoms with Crippen LogP contribution >= 0.6 is 11.3 Å². The molecule has 1 amide bonds. The molecule has 2 aromatic heterocycles. The van der Waals surface area contributed by atoms with Gasteiger partial charge in [-0.25, -0.2) is 0 Å². The highest BCUT2D eigenvalue weighted by atomic mass is 32.1. The Hall–Kier alpha value is -1.88. The van der Waals surface area contributed by atoms with Crippen molar-refractivity contribution in [3.63, 3.8) is 0 Å². The minimum Gasteiger partial charge on any atom is -0.397 e. The lowest BCUT2D eigenvalue weighted by atomic mass is 10.3. The van der Waals surface area contributed by atoms with Crippen LogP contribution < -0.4 is 11.1 Å². The van der Waals surface area contributed by atoms with E-state index >= 15 is 0 Å². The topological polar surface area (TPSA) is 68.0 Å². The Bertz CT molecular complexity index is 521. The lowest BCUT2D eigenvalue weighted by molar-refractivity contribution is 0.103. The van der Waals surface area contributed by atoms with Crippen molar-refractivity contribution in [2.24, 2.45) is 0 Å². The second kappa shape index (κ2) is 4.32. The summed E-state index contributed by atoms with van der Waals surface area (Å²) in [5, 5.41) is 4.57. The highest BCUT2D eigenvalue weighted by Gasteiger charge is 2.11. The van der Waals surface area contributed by atoms with E-state index in [1.54, 1.807) is 23.7 Å². The fourth-order valence-electron chi connectivity index (χ4n) is 1.31. The second-order valence-corrected chi connectivity index (χ2v) is 4.26. The molecule has 82 valence electrons. The molecule has 3 N–H and O–H groups in total. The molecule has 0 saturated heterocycles. The summed E-state index contributed by atoms with van der Waals surface area (Å²) in [6.45, 7) is 1.87. The monoisotopic (exact) mass is 233 g/mol. The van der Waals surface area contributed by atoms with Gasteiger partial charge in [0.15, 0.2) is 0 Å². The number of aryl methyl sites for hydroxylation is 1. The van der Waals surface area contributed by atoms with Crippen molar-refractivity contribution in [1.82, 2.24) is 4.98 Å². The molecule has 16 heavy (non-hydrogen) atoms. The van der Waals surface area contributed by atoms with Crippen LogP contribution in [0.15, 0.2) is 29.8 Å². The van der Waals surface area contributed by atoms with Gasteiger partial charge in [-0.2, -0.15) is 0 Å². The first-order chi connectivity index (χ1) is 7.66. The maximum atomic E-state index is 11.8. The highest BCUT2D eigenvalue weighted by Crippen LogP contribution is 2.20. The zero-order chi connectivity index (χ0) is 11.5. The maximum Gasteiger partial charge on any atom is 0.267 e. The summed E-state index contributed by atoms with van der Waals surface area (Å²) in [5.74, 6) is -0.182. The second-order valence-electron chi connectivity index (χ2n) is 3.35. The fraction of sp³-hybridized carbons (Fsp3) is 0.0909. The average molecular weight is 233 g/mol. The smallest absolute Gasteiger partial charge is 0.267 e. The van der Waals surface area contributed by atoms with Crippen LogP contribution in [0.5, 0.6) is 0 Å². The van der Waals surface area contributed by atoms with Gasteiger partial charge < -0.3 is 11.1 Å². The number of nitrogens with one attached hydrogen (secondary N) is 1. The van der Waals surface area contributed by atoms with Gasteiger partial charge in [0.1, 0.15) is 4.88 Å². The van der Waals surface area contributed by atoms with E-state index < -0.39 is 0 Å². The van der Waals surface area contributed by atoms with Crippen molar-refractivity contribution in [1.29, 1.82) is 0 Å². The highest BCUT2D eigenvalue weighted by molar-refractivity contribution is 7.12. The number of carbonyl (C=O) groups excluding carboxylic acids is 1. The third kappa shape index (κ3) is 2.20. The van der Waals surface area contributed by atoms with Crippen molar-refractivity contribution in [3.05, 3.63) is 40.3 Å². The quantitative estimate of drug-likeness (QED) is 0.836. The number of nitrogens with zero attached hydrogens (tertiary/aromatic N) is 1. The first-order valence-electron chi connectivity index (χ1n) is 4.74. The van der Waals surface area contributed by atoms with E-state index in [0.29, 0.717) is 10.6 Å². The minimum atomic E-state index is -0.182. The number of anilines is 2. The van der Waals surface area contributed by atoms with Gasteiger partial charge in [-0.1, -0.05) is 0 Å². The number of nitrogens with two attached hydrogens (primary N) is 1. The number of nitrogen functional groups attached to an aromatic ring is 1. The van der Waals surface area contributed by atoms with Crippen LogP contribution in [0.4, 0.5) is 11.4 Å². The van der Waals surface area contributed by atoms with Crippen LogP contribution in [0.1, 0.15) is 15.4 Å². The molecule has 0 bridgehead atoms. The summed E-state index contributed by atoms with van der Waals surface area (Å²) >= 11 is 1.33. The Labute approximate surface area is 97.1 Å². The van der Waals surface area contributed by atoms with E-state index in [0.717, 1.165) is 11.4 Å². The lowest BCUT2D eigenvalue weighted by Gasteiger charge is -2.04. The van der Waals surface area contributed by atoms with Gasteiger partial charge in [0.2, 0.25) is 0 Å². The molecule has 5 heteroatoms. The maximum absolute atomic E-state index is 11.8. The Balaban J connectivity index is 2.17. The summed E-state index contributed by atoms with van der Waals surface area (Å²) in [6, 6.07) is 5.27. The Morgan fingerprint density at radius 2 is 2.31 bits per heavy atom. The molecule has 2 heterocycles. The molecule has 0 aromatic carbocycles. The van der Waals surface area contributed by atoms with Crippen LogP contribution in [0.3, 0.4) is 0 Å². The van der Waals surface area contributed by atoms with Gasteiger partial charge in [0, 0.05) is 17.6 Å². The summed E-state index contributed by atoms with van der Waals surface area (Å²) in [4.78, 5) is 16.4. The molecule has 0 fully saturated rings. The van der Waals surface area contributed by atoms with E-state index in [1.807, 2.05) is 13.0 Å². The van der Waals surface area contributed by atoms with Crippen molar-refractivity contribution in [2.75, 3.05) is 11.1 Å². The van der Waals surface area contributed by atoms with Gasteiger partial charge >= 0.3 is 0 Å². The van der Waals surface area contributed by atoms with Crippen molar-refractivity contribution in [3.8, 4) is 0 Å². The number of hydrogen-bond acceptors (Lipinski definition) is 4. The fourth-order valence-corrected chi connectivity index (χ4v) is 2.03. The number of carbonyl (C=O) groups is 1. The third-order valence-corrected chi connectivity index (χ3v) is 2.99. The Kier molecular flexibility index (Phi) is 2.87. The molecular weight excluding hydrogens is 222 g/mol. The predicted molar refractivity (Wildman–Crippen MR) is 65.7 cm³/mol. The van der Waals surface area contributed by atoms with Crippen LogP contribution in [-0.2, 0) is 0 Å². The number of amides is 1. The SMILES string of the molecule is Cc1cc(NC(=O)c2sccc2N)ccn1. The van der Waals surface area contributed by atoms with Crippen LogP contribution in [-0.4, -0.2) is 10.9 Å². The van der Waals surface area contributed by atoms with E-state index in [9.17, 15) is 4.79 Å². The van der Waals surface area contributed by atoms with Crippen molar-refractivity contribution in [2.45, 2.75) is 6.92 Å². The molecule has 0 unspecified atom stereocenters. The van der Waals surface area contributed by atoms with Crippen LogP contribution in [0, 0.1) is 6.92 Å². The molecule has 0 saturated carbocycles. The Morgan fingerprint density at radius 1 is 1.50 bits per heavy atom. The van der Waals surface area contributed by atoms with Crippen LogP contribution in [0.25, 0.3) is 0 Å². The van der Waals surface area contributed by atoms with Gasteiger partial charge in [-0.3, -0.25) is 9.78 Å². The lowest BCUT2D eigenvalue weighted by Crippen LogP contribution is -2.12. The summed E-state index contributed by atoms with van der Waals surface area (Å²) < 4.78 is 0. The Morgan fingerprint density at radius 3 is 2.94 bits per heavy atom. The largest absolute Gasteiger partial charge is 0.397 e. The molecule has 0 spiro atoms. The molecular formula is C11H11N3OS. The van der Waals surface area contributed by atoms with Gasteiger partial charge in [0.05, 0.1) is 5.69 Å². The first kappa shape index (κ1) is 10.6. The molecule has 0 aliphatic carbocycles. The molecule has 2 aromatic rings. The van der Waals surface area contributed by atoms with E-state index in [2.05, 4.69) is 10.3 Å². The van der Waals surface area contributed by atoms with Gasteiger partial charge in [0.25, 0.3) is 5.91 Å². The summed E-state index contributed by atoms with van der Waals surface area (Å²) in [7, 11) is 0. The zero-order valence-electron chi connectivity index (χ0n) is 8.73. The van der Waals surface area contributed by atoms with E-state index in [4.69, 9.17) is 5.73 Å². The molecule has 0 atom stereocenters. The van der Waals surface area contributed by atoms with E-state index in [1.165, 1.54) is 11.3 Å². The molecule has 0 aliphatic heterocycles. The normalized spacial score (nSPS) is 10.1. The summed E-state index contributed by atoms with van der Waals surface area (Å²) in [6.07, 6.45) is 1.66. The van der Waals surface area contributed by atoms with Crippen LogP contribution in [0.2, 0.25) is 0 Å². The number of rotatable bonds is 2. The number of aromatic nitrogens is 1.